The Morgan fingerprint density at radius 2 is 1.92 bits per heavy atom. The highest BCUT2D eigenvalue weighted by Crippen LogP contribution is 2.53. The second-order valence-corrected chi connectivity index (χ2v) is 5.60. The third-order valence-electron chi connectivity index (χ3n) is 3.42. The van der Waals surface area contributed by atoms with Crippen LogP contribution in [0.5, 0.6) is 0 Å². The topological polar surface area (TPSA) is 32.3 Å². The van der Waals surface area contributed by atoms with Crippen LogP contribution in [-0.2, 0) is 0 Å². The Hall–Kier alpha value is -0.0800. The van der Waals surface area contributed by atoms with Crippen molar-refractivity contribution >= 4 is 0 Å². The Bertz CT molecular complexity index is 189. The second kappa shape index (κ2) is 2.24. The summed E-state index contributed by atoms with van der Waals surface area (Å²) in [6.45, 7) is 7.94. The normalized spacial score (nSPS) is 47.0. The zero-order chi connectivity index (χ0) is 8.98. The molecule has 2 N–H and O–H groups in total. The maximum absolute atomic E-state index is 9.30. The molecular weight excluding hydrogens is 150 g/mol. The molecule has 1 heterocycles. The van der Waals surface area contributed by atoms with Crippen LogP contribution in [0, 0.1) is 10.8 Å². The van der Waals surface area contributed by atoms with Gasteiger partial charge in [0.15, 0.2) is 0 Å². The maximum atomic E-state index is 9.30. The molecule has 0 amide bonds. The van der Waals surface area contributed by atoms with Gasteiger partial charge in [-0.2, -0.15) is 0 Å². The fraction of sp³-hybridized carbons (Fsp3) is 1.00. The number of nitrogens with one attached hydrogen (secondary N) is 1. The summed E-state index contributed by atoms with van der Waals surface area (Å²) in [5, 5.41) is 12.8. The van der Waals surface area contributed by atoms with Crippen LogP contribution in [0.15, 0.2) is 0 Å². The van der Waals surface area contributed by atoms with Gasteiger partial charge in [-0.05, 0) is 18.3 Å². The van der Waals surface area contributed by atoms with Crippen LogP contribution in [0.2, 0.25) is 0 Å². The van der Waals surface area contributed by atoms with Crippen molar-refractivity contribution in [2.75, 3.05) is 6.54 Å². The van der Waals surface area contributed by atoms with Gasteiger partial charge >= 0.3 is 0 Å². The molecule has 1 unspecified atom stereocenters. The summed E-state index contributed by atoms with van der Waals surface area (Å²) in [5.74, 6) is 0. The molecule has 1 saturated carbocycles. The number of aliphatic hydroxyl groups is 1. The Balaban J connectivity index is 2.03. The lowest BCUT2D eigenvalue weighted by Gasteiger charge is -2.62. The van der Waals surface area contributed by atoms with Crippen molar-refractivity contribution in [1.29, 1.82) is 0 Å². The van der Waals surface area contributed by atoms with Gasteiger partial charge in [-0.15, -0.1) is 0 Å². The van der Waals surface area contributed by atoms with Gasteiger partial charge in [0.1, 0.15) is 0 Å². The van der Waals surface area contributed by atoms with E-state index in [0.29, 0.717) is 16.9 Å². The SMILES string of the molecule is CC(C)(C)C1NCC12CC(O)C2. The van der Waals surface area contributed by atoms with Crippen LogP contribution in [0.3, 0.4) is 0 Å². The van der Waals surface area contributed by atoms with E-state index < -0.39 is 0 Å². The lowest BCUT2D eigenvalue weighted by atomic mass is 9.52. The van der Waals surface area contributed by atoms with E-state index in [4.69, 9.17) is 0 Å². The summed E-state index contributed by atoms with van der Waals surface area (Å²) >= 11 is 0. The standard InChI is InChI=1S/C10H19NO/c1-9(2,3)8-10(6-11-8)4-7(12)5-10/h7-8,11-12H,4-6H2,1-3H3. The van der Waals surface area contributed by atoms with E-state index in [1.54, 1.807) is 0 Å². The van der Waals surface area contributed by atoms with Crippen molar-refractivity contribution in [3.8, 4) is 0 Å². The Labute approximate surface area is 74.4 Å². The summed E-state index contributed by atoms with van der Waals surface area (Å²) in [5.41, 5.74) is 0.802. The summed E-state index contributed by atoms with van der Waals surface area (Å²) in [4.78, 5) is 0. The van der Waals surface area contributed by atoms with Gasteiger partial charge in [-0.1, -0.05) is 20.8 Å². The molecule has 1 aliphatic carbocycles. The van der Waals surface area contributed by atoms with Gasteiger partial charge in [-0.25, -0.2) is 0 Å². The minimum atomic E-state index is -0.0167. The molecule has 2 heteroatoms. The molecule has 0 aromatic rings. The van der Waals surface area contributed by atoms with Gasteiger partial charge in [0.05, 0.1) is 6.10 Å². The molecule has 2 rings (SSSR count). The molecule has 2 nitrogen and oxygen atoms in total. The Kier molecular flexibility index (Phi) is 1.59. The minimum absolute atomic E-state index is 0.0167. The monoisotopic (exact) mass is 169 g/mol. The first kappa shape index (κ1) is 8.52. The highest BCUT2D eigenvalue weighted by atomic mass is 16.3. The number of hydrogen-bond acceptors (Lipinski definition) is 2. The fourth-order valence-electron chi connectivity index (χ4n) is 2.98. The van der Waals surface area contributed by atoms with E-state index in [1.165, 1.54) is 0 Å². The molecule has 2 aliphatic rings. The minimum Gasteiger partial charge on any atom is -0.393 e. The average molecular weight is 169 g/mol. The van der Waals surface area contributed by atoms with Crippen molar-refractivity contribution in [1.82, 2.24) is 5.32 Å². The van der Waals surface area contributed by atoms with Crippen molar-refractivity contribution in [3.05, 3.63) is 0 Å². The smallest absolute Gasteiger partial charge is 0.0553 e. The number of hydrogen-bond donors (Lipinski definition) is 2. The average Bonchev–Trinajstić information content (AvgIpc) is 1.72. The van der Waals surface area contributed by atoms with Gasteiger partial charge < -0.3 is 10.4 Å². The molecule has 2 fully saturated rings. The van der Waals surface area contributed by atoms with E-state index in [-0.39, 0.29) is 6.10 Å². The molecule has 1 saturated heterocycles. The summed E-state index contributed by atoms with van der Waals surface area (Å²) in [6.07, 6.45) is 2.01. The van der Waals surface area contributed by atoms with Crippen molar-refractivity contribution in [2.45, 2.75) is 45.8 Å². The summed E-state index contributed by atoms with van der Waals surface area (Å²) in [7, 11) is 0. The third kappa shape index (κ3) is 1.01. The van der Waals surface area contributed by atoms with Gasteiger partial charge in [-0.3, -0.25) is 0 Å². The third-order valence-corrected chi connectivity index (χ3v) is 3.42. The molecule has 70 valence electrons. The molecular formula is C10H19NO. The Morgan fingerprint density at radius 1 is 1.33 bits per heavy atom. The largest absolute Gasteiger partial charge is 0.393 e. The predicted molar refractivity (Wildman–Crippen MR) is 48.9 cm³/mol. The first-order chi connectivity index (χ1) is 5.44. The maximum Gasteiger partial charge on any atom is 0.0553 e. The predicted octanol–water partition coefficient (Wildman–Crippen LogP) is 1.15. The van der Waals surface area contributed by atoms with Crippen LogP contribution in [0.1, 0.15) is 33.6 Å². The van der Waals surface area contributed by atoms with Crippen molar-refractivity contribution in [3.63, 3.8) is 0 Å². The van der Waals surface area contributed by atoms with Gasteiger partial charge in [0.25, 0.3) is 0 Å². The molecule has 12 heavy (non-hydrogen) atoms. The quantitative estimate of drug-likeness (QED) is 0.570. The van der Waals surface area contributed by atoms with Crippen molar-refractivity contribution in [2.24, 2.45) is 10.8 Å². The molecule has 0 aromatic heterocycles. The zero-order valence-electron chi connectivity index (χ0n) is 8.22. The number of aliphatic hydroxyl groups excluding tert-OH is 1. The van der Waals surface area contributed by atoms with Crippen molar-refractivity contribution < 1.29 is 5.11 Å². The van der Waals surface area contributed by atoms with E-state index in [9.17, 15) is 5.11 Å². The highest BCUT2D eigenvalue weighted by Gasteiger charge is 2.58. The first-order valence-electron chi connectivity index (χ1n) is 4.85. The van der Waals surface area contributed by atoms with Crippen LogP contribution >= 0.6 is 0 Å². The van der Waals surface area contributed by atoms with Crippen LogP contribution in [0.25, 0.3) is 0 Å². The van der Waals surface area contributed by atoms with E-state index in [1.807, 2.05) is 0 Å². The Morgan fingerprint density at radius 3 is 2.17 bits per heavy atom. The fourth-order valence-corrected chi connectivity index (χ4v) is 2.98. The summed E-state index contributed by atoms with van der Waals surface area (Å²) < 4.78 is 0. The van der Waals surface area contributed by atoms with Crippen LogP contribution in [-0.4, -0.2) is 23.8 Å². The van der Waals surface area contributed by atoms with Crippen LogP contribution < -0.4 is 5.32 Å². The second-order valence-electron chi connectivity index (χ2n) is 5.60. The highest BCUT2D eigenvalue weighted by molar-refractivity contribution is 5.13. The molecule has 0 radical (unpaired) electrons. The molecule has 1 aliphatic heterocycles. The van der Waals surface area contributed by atoms with Crippen LogP contribution in [0.4, 0.5) is 0 Å². The van der Waals surface area contributed by atoms with E-state index in [0.717, 1.165) is 19.4 Å². The van der Waals surface area contributed by atoms with E-state index in [2.05, 4.69) is 26.1 Å². The van der Waals surface area contributed by atoms with Gasteiger partial charge in [0.2, 0.25) is 0 Å². The zero-order valence-corrected chi connectivity index (χ0v) is 8.22. The van der Waals surface area contributed by atoms with Gasteiger partial charge in [0, 0.05) is 18.0 Å². The van der Waals surface area contributed by atoms with E-state index >= 15 is 0 Å². The molecule has 1 atom stereocenters. The summed E-state index contributed by atoms with van der Waals surface area (Å²) in [6, 6.07) is 0.619. The molecule has 0 aromatic carbocycles. The number of rotatable bonds is 0. The molecule has 0 bridgehead atoms. The molecule has 1 spiro atoms. The lowest BCUT2D eigenvalue weighted by molar-refractivity contribution is -0.127. The first-order valence-corrected chi connectivity index (χ1v) is 4.85. The lowest BCUT2D eigenvalue weighted by Crippen LogP contribution is -2.72.